The van der Waals surface area contributed by atoms with Gasteiger partial charge in [-0.1, -0.05) is 6.07 Å². The molecule has 1 aromatic carbocycles. The zero-order valence-electron chi connectivity index (χ0n) is 12.3. The Morgan fingerprint density at radius 2 is 1.85 bits per heavy atom. The van der Waals surface area contributed by atoms with Gasteiger partial charge in [-0.25, -0.2) is 0 Å². The van der Waals surface area contributed by atoms with E-state index >= 15 is 0 Å². The number of hydrogen-bond acceptors (Lipinski definition) is 2. The van der Waals surface area contributed by atoms with Crippen molar-refractivity contribution >= 4 is 16.8 Å². The molecular formula is C16H21N3O. The van der Waals surface area contributed by atoms with E-state index < -0.39 is 0 Å². The van der Waals surface area contributed by atoms with Gasteiger partial charge in [0.15, 0.2) is 0 Å². The quantitative estimate of drug-likeness (QED) is 0.835. The molecule has 1 fully saturated rings. The van der Waals surface area contributed by atoms with Gasteiger partial charge in [0.1, 0.15) is 0 Å². The van der Waals surface area contributed by atoms with Crippen LogP contribution in [0.25, 0.3) is 10.9 Å². The lowest BCUT2D eigenvalue weighted by Gasteiger charge is -2.27. The monoisotopic (exact) mass is 271 g/mol. The molecule has 1 aliphatic heterocycles. The molecule has 2 N–H and O–H groups in total. The topological polar surface area (TPSA) is 48.1 Å². The number of nitrogens with zero attached hydrogens (tertiary/aromatic N) is 1. The average molecular weight is 271 g/mol. The fourth-order valence-corrected chi connectivity index (χ4v) is 3.14. The van der Waals surface area contributed by atoms with Crippen molar-refractivity contribution in [3.8, 4) is 0 Å². The first-order valence-corrected chi connectivity index (χ1v) is 7.17. The molecule has 4 heteroatoms. The third-order valence-electron chi connectivity index (χ3n) is 4.05. The van der Waals surface area contributed by atoms with Crippen molar-refractivity contribution in [2.45, 2.75) is 20.8 Å². The number of benzene rings is 1. The number of H-pyrrole nitrogens is 1. The van der Waals surface area contributed by atoms with E-state index in [1.165, 1.54) is 11.1 Å². The Hall–Kier alpha value is -1.81. The minimum absolute atomic E-state index is 0.155. The maximum atomic E-state index is 12.8. The summed E-state index contributed by atoms with van der Waals surface area (Å²) in [5, 5.41) is 4.36. The fourth-order valence-electron chi connectivity index (χ4n) is 3.14. The van der Waals surface area contributed by atoms with Gasteiger partial charge in [0, 0.05) is 42.8 Å². The Morgan fingerprint density at radius 3 is 2.55 bits per heavy atom. The van der Waals surface area contributed by atoms with Crippen molar-refractivity contribution in [3.05, 3.63) is 34.5 Å². The van der Waals surface area contributed by atoms with Crippen LogP contribution in [0.3, 0.4) is 0 Å². The second-order valence-electron chi connectivity index (χ2n) is 5.67. The average Bonchev–Trinajstić information content (AvgIpc) is 2.75. The van der Waals surface area contributed by atoms with Crippen LogP contribution in [0.2, 0.25) is 0 Å². The number of hydrogen-bond donors (Lipinski definition) is 2. The van der Waals surface area contributed by atoms with Gasteiger partial charge in [0.2, 0.25) is 0 Å². The van der Waals surface area contributed by atoms with Crippen LogP contribution < -0.4 is 5.32 Å². The second kappa shape index (κ2) is 4.94. The molecule has 1 amide bonds. The van der Waals surface area contributed by atoms with Crippen LogP contribution in [-0.2, 0) is 0 Å². The Morgan fingerprint density at radius 1 is 1.15 bits per heavy atom. The zero-order chi connectivity index (χ0) is 14.3. The van der Waals surface area contributed by atoms with E-state index in [4.69, 9.17) is 0 Å². The summed E-state index contributed by atoms with van der Waals surface area (Å²) in [6.45, 7) is 9.49. The van der Waals surface area contributed by atoms with Gasteiger partial charge in [-0.05, 0) is 38.0 Å². The number of carbonyl (C=O) groups is 1. The third kappa shape index (κ3) is 2.10. The SMILES string of the molecule is Cc1cc(C)c2c(C(=O)N3CCNCC3)c(C)[nH]c2c1. The van der Waals surface area contributed by atoms with Crippen molar-refractivity contribution < 1.29 is 4.79 Å². The third-order valence-corrected chi connectivity index (χ3v) is 4.05. The molecule has 0 bridgehead atoms. The smallest absolute Gasteiger partial charge is 0.256 e. The molecule has 0 unspecified atom stereocenters. The molecule has 1 saturated heterocycles. The van der Waals surface area contributed by atoms with Crippen LogP contribution in [0.15, 0.2) is 12.1 Å². The fraction of sp³-hybridized carbons (Fsp3) is 0.438. The standard InChI is InChI=1S/C16H21N3O/c1-10-8-11(2)14-13(9-10)18-12(3)15(14)16(20)19-6-4-17-5-7-19/h8-9,17-18H,4-7H2,1-3H3. The summed E-state index contributed by atoms with van der Waals surface area (Å²) in [5.41, 5.74) is 5.27. The highest BCUT2D eigenvalue weighted by atomic mass is 16.2. The number of aromatic nitrogens is 1. The van der Waals surface area contributed by atoms with Gasteiger partial charge in [-0.3, -0.25) is 4.79 Å². The van der Waals surface area contributed by atoms with E-state index in [1.807, 2.05) is 11.8 Å². The number of rotatable bonds is 1. The molecule has 4 nitrogen and oxygen atoms in total. The number of aryl methyl sites for hydroxylation is 3. The minimum atomic E-state index is 0.155. The molecule has 0 aliphatic carbocycles. The van der Waals surface area contributed by atoms with Crippen molar-refractivity contribution in [1.29, 1.82) is 0 Å². The predicted molar refractivity (Wildman–Crippen MR) is 81.3 cm³/mol. The number of fused-ring (bicyclic) bond motifs is 1. The van der Waals surface area contributed by atoms with Gasteiger partial charge in [-0.2, -0.15) is 0 Å². The number of amides is 1. The summed E-state index contributed by atoms with van der Waals surface area (Å²) in [6.07, 6.45) is 0. The van der Waals surface area contributed by atoms with Gasteiger partial charge in [0.25, 0.3) is 5.91 Å². The molecule has 0 radical (unpaired) electrons. The Labute approximate surface area is 119 Å². The zero-order valence-corrected chi connectivity index (χ0v) is 12.3. The van der Waals surface area contributed by atoms with Crippen molar-refractivity contribution in [2.75, 3.05) is 26.2 Å². The highest BCUT2D eigenvalue weighted by Gasteiger charge is 2.24. The van der Waals surface area contributed by atoms with Crippen LogP contribution in [0, 0.1) is 20.8 Å². The molecule has 106 valence electrons. The lowest BCUT2D eigenvalue weighted by Crippen LogP contribution is -2.46. The van der Waals surface area contributed by atoms with Crippen molar-refractivity contribution in [2.24, 2.45) is 0 Å². The lowest BCUT2D eigenvalue weighted by atomic mass is 10.0. The van der Waals surface area contributed by atoms with Crippen LogP contribution >= 0.6 is 0 Å². The van der Waals surface area contributed by atoms with Crippen LogP contribution in [-0.4, -0.2) is 42.0 Å². The normalized spacial score (nSPS) is 15.8. The van der Waals surface area contributed by atoms with Gasteiger partial charge in [-0.15, -0.1) is 0 Å². The van der Waals surface area contributed by atoms with Crippen LogP contribution in [0.4, 0.5) is 0 Å². The molecule has 0 saturated carbocycles. The first-order valence-electron chi connectivity index (χ1n) is 7.17. The van der Waals surface area contributed by atoms with Gasteiger partial charge < -0.3 is 15.2 Å². The molecule has 1 aliphatic rings. The molecule has 20 heavy (non-hydrogen) atoms. The Bertz CT molecular complexity index is 666. The number of carbonyl (C=O) groups excluding carboxylic acids is 1. The molecular weight excluding hydrogens is 250 g/mol. The van der Waals surface area contributed by atoms with Crippen LogP contribution in [0.5, 0.6) is 0 Å². The summed E-state index contributed by atoms with van der Waals surface area (Å²) >= 11 is 0. The largest absolute Gasteiger partial charge is 0.358 e. The molecule has 2 aromatic rings. The minimum Gasteiger partial charge on any atom is -0.358 e. The molecule has 0 spiro atoms. The Kier molecular flexibility index (Phi) is 3.26. The Balaban J connectivity index is 2.10. The van der Waals surface area contributed by atoms with Crippen LogP contribution in [0.1, 0.15) is 27.2 Å². The van der Waals surface area contributed by atoms with E-state index in [0.717, 1.165) is 48.3 Å². The van der Waals surface area contributed by atoms with E-state index in [0.29, 0.717) is 0 Å². The first kappa shape index (κ1) is 13.2. The van der Waals surface area contributed by atoms with E-state index in [9.17, 15) is 4.79 Å². The summed E-state index contributed by atoms with van der Waals surface area (Å²) < 4.78 is 0. The summed E-state index contributed by atoms with van der Waals surface area (Å²) in [6, 6.07) is 4.26. The molecule has 0 atom stereocenters. The second-order valence-corrected chi connectivity index (χ2v) is 5.67. The number of piperazine rings is 1. The first-order chi connectivity index (χ1) is 9.58. The molecule has 3 rings (SSSR count). The predicted octanol–water partition coefficient (Wildman–Crippen LogP) is 2.14. The van der Waals surface area contributed by atoms with E-state index in [2.05, 4.69) is 36.3 Å². The van der Waals surface area contributed by atoms with Gasteiger partial charge >= 0.3 is 0 Å². The summed E-state index contributed by atoms with van der Waals surface area (Å²) in [4.78, 5) is 18.1. The maximum Gasteiger partial charge on any atom is 0.256 e. The highest BCUT2D eigenvalue weighted by Crippen LogP contribution is 2.28. The molecule has 1 aromatic heterocycles. The highest BCUT2D eigenvalue weighted by molar-refractivity contribution is 6.09. The summed E-state index contributed by atoms with van der Waals surface area (Å²) in [7, 11) is 0. The van der Waals surface area contributed by atoms with Gasteiger partial charge in [0.05, 0.1) is 5.56 Å². The van der Waals surface area contributed by atoms with E-state index in [1.54, 1.807) is 0 Å². The van der Waals surface area contributed by atoms with E-state index in [-0.39, 0.29) is 5.91 Å². The number of nitrogens with one attached hydrogen (secondary N) is 2. The summed E-state index contributed by atoms with van der Waals surface area (Å²) in [5.74, 6) is 0.155. The maximum absolute atomic E-state index is 12.8. The number of aromatic amines is 1. The van der Waals surface area contributed by atoms with Crippen molar-refractivity contribution in [3.63, 3.8) is 0 Å². The lowest BCUT2D eigenvalue weighted by molar-refractivity contribution is 0.0737. The van der Waals surface area contributed by atoms with Crippen molar-refractivity contribution in [1.82, 2.24) is 15.2 Å². The molecule has 2 heterocycles.